The lowest BCUT2D eigenvalue weighted by Gasteiger charge is -2.38. The molecular formula is C19H31N5O. The second-order valence-corrected chi connectivity index (χ2v) is 7.04. The minimum absolute atomic E-state index is 0.0152. The van der Waals surface area contributed by atoms with Crippen molar-refractivity contribution in [1.82, 2.24) is 15.1 Å². The molecule has 1 aromatic rings. The quantitative estimate of drug-likeness (QED) is 0.665. The average Bonchev–Trinajstić information content (AvgIpc) is 2.58. The Labute approximate surface area is 151 Å². The van der Waals surface area contributed by atoms with Crippen LogP contribution in [0.1, 0.15) is 19.4 Å². The number of nitrogens with zero attached hydrogens (tertiary/aromatic N) is 4. The summed E-state index contributed by atoms with van der Waals surface area (Å²) in [4.78, 5) is 22.6. The van der Waals surface area contributed by atoms with Gasteiger partial charge in [0, 0.05) is 52.0 Å². The Balaban J connectivity index is 2.01. The fourth-order valence-corrected chi connectivity index (χ4v) is 2.78. The number of carbonyl (C=O) groups excluding carboxylic acids is 1. The molecule has 0 atom stereocenters. The lowest BCUT2D eigenvalue weighted by atomic mass is 10.2. The predicted octanol–water partition coefficient (Wildman–Crippen LogP) is 1.56. The fraction of sp³-hybridized carbons (Fsp3) is 0.579. The van der Waals surface area contributed by atoms with Crippen molar-refractivity contribution in [2.45, 2.75) is 26.8 Å². The van der Waals surface area contributed by atoms with Gasteiger partial charge in [0.05, 0.1) is 0 Å². The largest absolute Gasteiger partial charge is 0.368 e. The average molecular weight is 345 g/mol. The molecule has 6 heteroatoms. The number of anilines is 1. The molecule has 0 radical (unpaired) electrons. The number of rotatable bonds is 4. The summed E-state index contributed by atoms with van der Waals surface area (Å²) in [5.41, 5.74) is 2.56. The molecule has 6 nitrogen and oxygen atoms in total. The number of carbonyl (C=O) groups is 1. The van der Waals surface area contributed by atoms with Crippen LogP contribution in [0.25, 0.3) is 0 Å². The molecule has 0 aliphatic carbocycles. The van der Waals surface area contributed by atoms with Crippen LogP contribution in [0.2, 0.25) is 0 Å². The highest BCUT2D eigenvalue weighted by atomic mass is 16.2. The van der Waals surface area contributed by atoms with Gasteiger partial charge in [-0.25, -0.2) is 4.99 Å². The SMILES string of the molecule is Cc1cccc(N2CCN(C(=NCC(=O)N(C)C)NC(C)C)CC2)c1. The van der Waals surface area contributed by atoms with Crippen molar-refractivity contribution >= 4 is 17.6 Å². The Morgan fingerprint density at radius 3 is 2.48 bits per heavy atom. The highest BCUT2D eigenvalue weighted by molar-refractivity contribution is 5.85. The Hall–Kier alpha value is -2.24. The Kier molecular flexibility index (Phi) is 6.67. The van der Waals surface area contributed by atoms with Gasteiger partial charge in [0.15, 0.2) is 5.96 Å². The van der Waals surface area contributed by atoms with E-state index in [0.717, 1.165) is 32.1 Å². The number of piperazine rings is 1. The van der Waals surface area contributed by atoms with E-state index >= 15 is 0 Å². The fourth-order valence-electron chi connectivity index (χ4n) is 2.78. The number of nitrogens with one attached hydrogen (secondary N) is 1. The third-order valence-electron chi connectivity index (χ3n) is 4.23. The summed E-state index contributed by atoms with van der Waals surface area (Å²) in [5.74, 6) is 0.843. The van der Waals surface area contributed by atoms with Crippen molar-refractivity contribution in [2.75, 3.05) is 51.7 Å². The van der Waals surface area contributed by atoms with Crippen molar-refractivity contribution in [1.29, 1.82) is 0 Å². The van der Waals surface area contributed by atoms with Gasteiger partial charge in [-0.2, -0.15) is 0 Å². The maximum atomic E-state index is 11.8. The topological polar surface area (TPSA) is 51.2 Å². The zero-order valence-electron chi connectivity index (χ0n) is 16.1. The van der Waals surface area contributed by atoms with Gasteiger partial charge in [0.25, 0.3) is 0 Å². The van der Waals surface area contributed by atoms with Crippen molar-refractivity contribution in [3.8, 4) is 0 Å². The molecule has 1 aromatic carbocycles. The molecule has 1 amide bonds. The zero-order valence-corrected chi connectivity index (χ0v) is 16.1. The number of aliphatic imine (C=N–C) groups is 1. The van der Waals surface area contributed by atoms with Crippen LogP contribution in [-0.4, -0.2) is 74.5 Å². The first-order valence-electron chi connectivity index (χ1n) is 8.94. The van der Waals surface area contributed by atoms with E-state index in [9.17, 15) is 4.79 Å². The molecule has 0 saturated carbocycles. The molecule has 0 aromatic heterocycles. The molecule has 138 valence electrons. The van der Waals surface area contributed by atoms with Gasteiger partial charge < -0.3 is 20.0 Å². The van der Waals surface area contributed by atoms with Gasteiger partial charge in [-0.3, -0.25) is 4.79 Å². The van der Waals surface area contributed by atoms with E-state index in [1.165, 1.54) is 11.3 Å². The molecule has 1 saturated heterocycles. The lowest BCUT2D eigenvalue weighted by molar-refractivity contribution is -0.127. The highest BCUT2D eigenvalue weighted by Gasteiger charge is 2.21. The maximum absolute atomic E-state index is 11.8. The maximum Gasteiger partial charge on any atom is 0.243 e. The molecule has 0 spiro atoms. The summed E-state index contributed by atoms with van der Waals surface area (Å²) in [6.07, 6.45) is 0. The van der Waals surface area contributed by atoms with Crippen LogP contribution in [0.4, 0.5) is 5.69 Å². The molecule has 2 rings (SSSR count). The van der Waals surface area contributed by atoms with E-state index in [2.05, 4.69) is 65.1 Å². The first kappa shape index (κ1) is 19.1. The van der Waals surface area contributed by atoms with Crippen LogP contribution >= 0.6 is 0 Å². The molecule has 1 N–H and O–H groups in total. The van der Waals surface area contributed by atoms with Crippen molar-refractivity contribution in [3.05, 3.63) is 29.8 Å². The van der Waals surface area contributed by atoms with Crippen molar-refractivity contribution < 1.29 is 4.79 Å². The van der Waals surface area contributed by atoms with Crippen LogP contribution in [0.5, 0.6) is 0 Å². The zero-order chi connectivity index (χ0) is 18.4. The highest BCUT2D eigenvalue weighted by Crippen LogP contribution is 2.17. The third-order valence-corrected chi connectivity index (χ3v) is 4.23. The molecule has 1 aliphatic heterocycles. The van der Waals surface area contributed by atoms with Crippen molar-refractivity contribution in [3.63, 3.8) is 0 Å². The van der Waals surface area contributed by atoms with Gasteiger partial charge in [0.2, 0.25) is 5.91 Å². The van der Waals surface area contributed by atoms with E-state index in [1.54, 1.807) is 19.0 Å². The Bertz CT molecular complexity index is 604. The van der Waals surface area contributed by atoms with Crippen LogP contribution in [-0.2, 0) is 4.79 Å². The minimum Gasteiger partial charge on any atom is -0.368 e. The molecule has 0 unspecified atom stereocenters. The van der Waals surface area contributed by atoms with Gasteiger partial charge in [-0.05, 0) is 38.5 Å². The number of hydrogen-bond donors (Lipinski definition) is 1. The van der Waals surface area contributed by atoms with E-state index in [1.807, 2.05) is 0 Å². The molecule has 0 bridgehead atoms. The summed E-state index contributed by atoms with van der Waals surface area (Å²) in [5, 5.41) is 3.39. The van der Waals surface area contributed by atoms with E-state index < -0.39 is 0 Å². The first-order chi connectivity index (χ1) is 11.9. The standard InChI is InChI=1S/C19H31N5O/c1-15(2)21-19(20-14-18(25)22(4)5)24-11-9-23(10-12-24)17-8-6-7-16(3)13-17/h6-8,13,15H,9-12,14H2,1-5H3,(H,20,21). The third kappa shape index (κ3) is 5.66. The number of aryl methyl sites for hydroxylation is 1. The number of guanidine groups is 1. The van der Waals surface area contributed by atoms with Gasteiger partial charge in [-0.15, -0.1) is 0 Å². The second-order valence-electron chi connectivity index (χ2n) is 7.04. The van der Waals surface area contributed by atoms with E-state index in [4.69, 9.17) is 0 Å². The lowest BCUT2D eigenvalue weighted by Crippen LogP contribution is -2.54. The number of benzene rings is 1. The molecule has 1 fully saturated rings. The molecule has 1 aliphatic rings. The minimum atomic E-state index is 0.0152. The number of hydrogen-bond acceptors (Lipinski definition) is 3. The molecule has 1 heterocycles. The van der Waals surface area contributed by atoms with Gasteiger partial charge in [0.1, 0.15) is 6.54 Å². The summed E-state index contributed by atoms with van der Waals surface area (Å²) >= 11 is 0. The summed E-state index contributed by atoms with van der Waals surface area (Å²) in [6, 6.07) is 8.91. The predicted molar refractivity (Wildman–Crippen MR) is 104 cm³/mol. The normalized spacial score (nSPS) is 15.5. The van der Waals surface area contributed by atoms with E-state index in [0.29, 0.717) is 0 Å². The van der Waals surface area contributed by atoms with Crippen LogP contribution in [0, 0.1) is 6.92 Å². The smallest absolute Gasteiger partial charge is 0.243 e. The molecule has 25 heavy (non-hydrogen) atoms. The van der Waals surface area contributed by atoms with Crippen molar-refractivity contribution in [2.24, 2.45) is 4.99 Å². The monoisotopic (exact) mass is 345 g/mol. The summed E-state index contributed by atoms with van der Waals surface area (Å²) in [7, 11) is 3.52. The van der Waals surface area contributed by atoms with Crippen LogP contribution in [0.15, 0.2) is 29.3 Å². The Morgan fingerprint density at radius 2 is 1.92 bits per heavy atom. The Morgan fingerprint density at radius 1 is 1.24 bits per heavy atom. The van der Waals surface area contributed by atoms with E-state index in [-0.39, 0.29) is 18.5 Å². The summed E-state index contributed by atoms with van der Waals surface area (Å²) < 4.78 is 0. The number of amides is 1. The summed E-state index contributed by atoms with van der Waals surface area (Å²) in [6.45, 7) is 10.2. The first-order valence-corrected chi connectivity index (χ1v) is 8.94. The molecular weight excluding hydrogens is 314 g/mol. The second kappa shape index (κ2) is 8.74. The van der Waals surface area contributed by atoms with Gasteiger partial charge >= 0.3 is 0 Å². The number of likely N-dealkylation sites (N-methyl/N-ethyl adjacent to an activating group) is 1. The van der Waals surface area contributed by atoms with Gasteiger partial charge in [-0.1, -0.05) is 12.1 Å². The van der Waals surface area contributed by atoms with Crippen LogP contribution < -0.4 is 10.2 Å². The van der Waals surface area contributed by atoms with Crippen LogP contribution in [0.3, 0.4) is 0 Å².